The summed E-state index contributed by atoms with van der Waals surface area (Å²) in [6.45, 7) is 1.55. The summed E-state index contributed by atoms with van der Waals surface area (Å²) in [5.41, 5.74) is 1.04. The molecule has 15 heteroatoms. The lowest BCUT2D eigenvalue weighted by Crippen LogP contribution is -2.67. The van der Waals surface area contributed by atoms with E-state index in [2.05, 4.69) is 20.6 Å². The maximum atomic E-state index is 15.6. The van der Waals surface area contributed by atoms with Gasteiger partial charge in [0.1, 0.15) is 5.82 Å². The van der Waals surface area contributed by atoms with E-state index in [1.165, 1.54) is 26.2 Å². The fourth-order valence-corrected chi connectivity index (χ4v) is 7.66. The van der Waals surface area contributed by atoms with E-state index in [9.17, 15) is 19.2 Å². The molecule has 0 radical (unpaired) electrons. The molecule has 1 atom stereocenters. The highest BCUT2D eigenvalue weighted by atomic mass is 35.5. The second-order valence-electron chi connectivity index (χ2n) is 12.4. The van der Waals surface area contributed by atoms with Gasteiger partial charge in [-0.2, -0.15) is 5.10 Å². The molecule has 2 aliphatic heterocycles. The quantitative estimate of drug-likeness (QED) is 0.310. The average Bonchev–Trinajstić information content (AvgIpc) is 3.66. The van der Waals surface area contributed by atoms with Crippen LogP contribution in [0.2, 0.25) is 10.0 Å². The molecule has 4 heterocycles. The molecule has 3 aliphatic rings. The first-order valence-corrected chi connectivity index (χ1v) is 16.0. The van der Waals surface area contributed by atoms with Crippen LogP contribution in [0.1, 0.15) is 46.9 Å². The number of benzene rings is 2. The van der Waals surface area contributed by atoms with Crippen LogP contribution in [0.4, 0.5) is 10.1 Å². The Balaban J connectivity index is 1.21. The van der Waals surface area contributed by atoms with Gasteiger partial charge in [0, 0.05) is 61.9 Å². The zero-order valence-corrected chi connectivity index (χ0v) is 27.7. The van der Waals surface area contributed by atoms with Crippen molar-refractivity contribution >= 4 is 40.7 Å². The fourth-order valence-electron chi connectivity index (χ4n) is 7.04. The number of fused-ring (bicyclic) bond motifs is 1. The number of ether oxygens (including phenoxy) is 1. The summed E-state index contributed by atoms with van der Waals surface area (Å²) in [5, 5.41) is 9.49. The zero-order chi connectivity index (χ0) is 34.1. The molecule has 0 unspecified atom stereocenters. The number of likely N-dealkylation sites (tertiary alicyclic amines) is 1. The highest BCUT2D eigenvalue weighted by molar-refractivity contribution is 6.39. The number of carbonyl (C=O) groups excluding carboxylic acids is 2. The number of aryl methyl sites for hydroxylation is 2. The van der Waals surface area contributed by atoms with Crippen LogP contribution < -0.4 is 26.6 Å². The summed E-state index contributed by atoms with van der Waals surface area (Å²) in [6, 6.07) is 9.47. The molecule has 1 aliphatic carbocycles. The molecular formula is C33H30Cl2FN7O5. The standard InChI is InChI=1S/C33H30Cl2FN7O5/c1-41-31(46)28(40-42(2)32(41)47)29(45)37-20-6-4-5-18(26(20)34)25-19(36)9-8-17(27(25)35)21-13-16-7-10-22(24(16)30(38-21)48-3)43-14-33(15-43)12-11-23(44)39-33/h4-6,8-9,13,22H,7,10-12,14-15H2,1-3H3,(H,37,45)(H,39,44)/t22-/m0/s1. The topological polar surface area (TPSA) is 140 Å². The van der Waals surface area contributed by atoms with Crippen LogP contribution in [-0.4, -0.2) is 61.8 Å². The van der Waals surface area contributed by atoms with Gasteiger partial charge in [-0.1, -0.05) is 35.3 Å². The maximum Gasteiger partial charge on any atom is 0.346 e. The molecule has 4 aromatic rings. The predicted molar refractivity (Wildman–Crippen MR) is 177 cm³/mol. The summed E-state index contributed by atoms with van der Waals surface area (Å²) in [6.07, 6.45) is 3.06. The molecule has 248 valence electrons. The minimum atomic E-state index is -0.903. The summed E-state index contributed by atoms with van der Waals surface area (Å²) in [4.78, 5) is 56.6. The number of hydrogen-bond donors (Lipinski definition) is 2. The molecule has 1 spiro atoms. The molecule has 7 rings (SSSR count). The predicted octanol–water partition coefficient (Wildman–Crippen LogP) is 3.87. The van der Waals surface area contributed by atoms with Crippen molar-refractivity contribution in [1.82, 2.24) is 29.5 Å². The average molecular weight is 695 g/mol. The van der Waals surface area contributed by atoms with E-state index in [0.717, 1.165) is 52.7 Å². The first kappa shape index (κ1) is 32.0. The highest BCUT2D eigenvalue weighted by Gasteiger charge is 2.51. The lowest BCUT2D eigenvalue weighted by atomic mass is 9.86. The molecule has 2 saturated heterocycles. The first-order chi connectivity index (χ1) is 22.9. The lowest BCUT2D eigenvalue weighted by Gasteiger charge is -2.50. The Kier molecular flexibility index (Phi) is 7.88. The number of nitrogens with one attached hydrogen (secondary N) is 2. The van der Waals surface area contributed by atoms with E-state index >= 15 is 4.39 Å². The van der Waals surface area contributed by atoms with Crippen LogP contribution in [0.3, 0.4) is 0 Å². The van der Waals surface area contributed by atoms with E-state index < -0.39 is 28.7 Å². The first-order valence-electron chi connectivity index (χ1n) is 15.3. The summed E-state index contributed by atoms with van der Waals surface area (Å²) in [5.74, 6) is -0.991. The normalized spacial score (nSPS) is 18.0. The highest BCUT2D eigenvalue weighted by Crippen LogP contribution is 2.48. The number of nitrogens with zero attached hydrogens (tertiary/aromatic N) is 5. The summed E-state index contributed by atoms with van der Waals surface area (Å²) in [7, 11) is 4.11. The number of halogens is 3. The van der Waals surface area contributed by atoms with Crippen molar-refractivity contribution in [1.29, 1.82) is 0 Å². The monoisotopic (exact) mass is 693 g/mol. The van der Waals surface area contributed by atoms with E-state index in [1.54, 1.807) is 25.3 Å². The van der Waals surface area contributed by atoms with Crippen LogP contribution >= 0.6 is 23.2 Å². The molecule has 2 fully saturated rings. The van der Waals surface area contributed by atoms with Crippen LogP contribution in [0.15, 0.2) is 46.0 Å². The van der Waals surface area contributed by atoms with Crippen molar-refractivity contribution in [3.8, 4) is 28.3 Å². The number of methoxy groups -OCH3 is 1. The van der Waals surface area contributed by atoms with Gasteiger partial charge in [-0.05, 0) is 49.1 Å². The number of amides is 2. The van der Waals surface area contributed by atoms with Gasteiger partial charge in [0.2, 0.25) is 17.5 Å². The minimum Gasteiger partial charge on any atom is -0.481 e. The van der Waals surface area contributed by atoms with Gasteiger partial charge in [-0.3, -0.25) is 23.9 Å². The number of hydrogen-bond acceptors (Lipinski definition) is 8. The molecule has 2 amide bonds. The largest absolute Gasteiger partial charge is 0.481 e. The van der Waals surface area contributed by atoms with E-state index in [1.807, 2.05) is 6.07 Å². The maximum absolute atomic E-state index is 15.6. The molecule has 2 aromatic heterocycles. The van der Waals surface area contributed by atoms with Crippen molar-refractivity contribution in [3.63, 3.8) is 0 Å². The second-order valence-corrected chi connectivity index (χ2v) is 13.2. The molecule has 48 heavy (non-hydrogen) atoms. The van der Waals surface area contributed by atoms with Crippen LogP contribution in [-0.2, 0) is 25.3 Å². The number of rotatable bonds is 6. The Morgan fingerprint density at radius 1 is 1.08 bits per heavy atom. The van der Waals surface area contributed by atoms with Gasteiger partial charge in [-0.25, -0.2) is 18.9 Å². The minimum absolute atomic E-state index is 0.00459. The van der Waals surface area contributed by atoms with Gasteiger partial charge in [0.25, 0.3) is 11.5 Å². The Bertz CT molecular complexity index is 2160. The Morgan fingerprint density at radius 3 is 2.56 bits per heavy atom. The van der Waals surface area contributed by atoms with E-state index in [-0.39, 0.29) is 44.3 Å². The zero-order valence-electron chi connectivity index (χ0n) is 26.2. The van der Waals surface area contributed by atoms with E-state index in [4.69, 9.17) is 32.9 Å². The second kappa shape index (κ2) is 11.8. The van der Waals surface area contributed by atoms with Crippen molar-refractivity contribution in [2.45, 2.75) is 37.3 Å². The Labute approximate surface area is 283 Å². The van der Waals surface area contributed by atoms with Crippen LogP contribution in [0, 0.1) is 5.82 Å². The third kappa shape index (κ3) is 5.17. The molecule has 2 N–H and O–H groups in total. The smallest absolute Gasteiger partial charge is 0.346 e. The Morgan fingerprint density at radius 2 is 1.85 bits per heavy atom. The van der Waals surface area contributed by atoms with Crippen molar-refractivity contribution < 1.29 is 18.7 Å². The lowest BCUT2D eigenvalue weighted by molar-refractivity contribution is -0.121. The Hall–Kier alpha value is -4.59. The van der Waals surface area contributed by atoms with Gasteiger partial charge in [-0.15, -0.1) is 0 Å². The van der Waals surface area contributed by atoms with Gasteiger partial charge in [0.05, 0.1) is 34.1 Å². The fraction of sp³-hybridized carbons (Fsp3) is 0.333. The van der Waals surface area contributed by atoms with Crippen LogP contribution in [0.25, 0.3) is 22.4 Å². The van der Waals surface area contributed by atoms with Crippen molar-refractivity contribution in [2.75, 3.05) is 25.5 Å². The summed E-state index contributed by atoms with van der Waals surface area (Å²) < 4.78 is 23.0. The van der Waals surface area contributed by atoms with Crippen molar-refractivity contribution in [3.05, 3.63) is 89.9 Å². The van der Waals surface area contributed by atoms with Crippen molar-refractivity contribution in [2.24, 2.45) is 14.1 Å². The number of pyridine rings is 1. The molecule has 0 saturated carbocycles. The summed E-state index contributed by atoms with van der Waals surface area (Å²) >= 11 is 13.6. The van der Waals surface area contributed by atoms with E-state index in [0.29, 0.717) is 23.6 Å². The van der Waals surface area contributed by atoms with Gasteiger partial charge < -0.3 is 15.4 Å². The number of carbonyl (C=O) groups is 2. The van der Waals surface area contributed by atoms with Gasteiger partial charge in [0.15, 0.2) is 0 Å². The van der Waals surface area contributed by atoms with Crippen LogP contribution in [0.5, 0.6) is 5.88 Å². The molecule has 12 nitrogen and oxygen atoms in total. The SMILES string of the molecule is COc1nc(-c2ccc(F)c(-c3cccc(NC(=O)c4nn(C)c(=O)n(C)c4=O)c3Cl)c2Cl)cc2c1[C@@H](N1CC3(CCC(=O)N3)C1)CC2. The van der Waals surface area contributed by atoms with Gasteiger partial charge >= 0.3 is 5.69 Å². The number of aromatic nitrogens is 4. The third-order valence-electron chi connectivity index (χ3n) is 9.43. The number of anilines is 1. The molecule has 0 bridgehead atoms. The molecule has 2 aromatic carbocycles. The molecular weight excluding hydrogens is 664 g/mol. The third-order valence-corrected chi connectivity index (χ3v) is 10.2.